The second kappa shape index (κ2) is 6.75. The highest BCUT2D eigenvalue weighted by Gasteiger charge is 2.45. The average Bonchev–Trinajstić information content (AvgIpc) is 2.97. The van der Waals surface area contributed by atoms with Gasteiger partial charge in [0.25, 0.3) is 0 Å². The molecule has 1 saturated heterocycles. The summed E-state index contributed by atoms with van der Waals surface area (Å²) in [7, 11) is 0. The molecule has 1 saturated carbocycles. The number of nitrogens with zero attached hydrogens (tertiary/aromatic N) is 4. The number of aliphatic imine (C=N–C) groups is 1. The second-order valence-electron chi connectivity index (χ2n) is 8.23. The lowest BCUT2D eigenvalue weighted by Gasteiger charge is -2.45. The number of hydrogen-bond donors (Lipinski definition) is 1. The number of hydrogen-bond acceptors (Lipinski definition) is 3. The maximum Gasteiger partial charge on any atom is 0.191 e. The molecule has 1 aliphatic heterocycles. The van der Waals surface area contributed by atoms with Crippen molar-refractivity contribution in [2.75, 3.05) is 13.1 Å². The number of likely N-dealkylation sites (tertiary alicyclic amines) is 1. The fourth-order valence-corrected chi connectivity index (χ4v) is 3.72. The van der Waals surface area contributed by atoms with E-state index < -0.39 is 0 Å². The van der Waals surface area contributed by atoms with E-state index in [0.29, 0.717) is 11.9 Å². The van der Waals surface area contributed by atoms with Crippen molar-refractivity contribution in [3.05, 3.63) is 18.5 Å². The summed E-state index contributed by atoms with van der Waals surface area (Å²) >= 11 is 0. The van der Waals surface area contributed by atoms with Gasteiger partial charge in [-0.25, -0.2) is 4.99 Å². The minimum Gasteiger partial charge on any atom is -0.370 e. The van der Waals surface area contributed by atoms with Crippen LogP contribution in [0.3, 0.4) is 0 Å². The Balaban J connectivity index is 1.71. The van der Waals surface area contributed by atoms with E-state index in [1.54, 1.807) is 0 Å². The number of ether oxygens (including phenoxy) is 1. The van der Waals surface area contributed by atoms with Gasteiger partial charge in [-0.3, -0.25) is 4.68 Å². The fourth-order valence-electron chi connectivity index (χ4n) is 3.72. The van der Waals surface area contributed by atoms with Crippen LogP contribution in [0.4, 0.5) is 0 Å². The predicted octanol–water partition coefficient (Wildman–Crippen LogP) is 2.43. The molecule has 0 bridgehead atoms. The molecule has 4 atom stereocenters. The largest absolute Gasteiger partial charge is 0.370 e. The van der Waals surface area contributed by atoms with Gasteiger partial charge < -0.3 is 15.4 Å². The molecule has 1 aromatic heterocycles. The van der Waals surface area contributed by atoms with Gasteiger partial charge in [0.2, 0.25) is 0 Å². The van der Waals surface area contributed by atoms with Crippen LogP contribution in [0, 0.1) is 5.92 Å². The molecule has 6 heteroatoms. The summed E-state index contributed by atoms with van der Waals surface area (Å²) < 4.78 is 8.17. The van der Waals surface area contributed by atoms with Crippen LogP contribution in [0.15, 0.2) is 23.5 Å². The van der Waals surface area contributed by atoms with Crippen LogP contribution in [-0.2, 0) is 4.74 Å². The van der Waals surface area contributed by atoms with Gasteiger partial charge in [0, 0.05) is 31.9 Å². The van der Waals surface area contributed by atoms with E-state index in [1.807, 2.05) is 23.1 Å². The average molecular weight is 333 g/mol. The van der Waals surface area contributed by atoms with E-state index >= 15 is 0 Å². The summed E-state index contributed by atoms with van der Waals surface area (Å²) in [5.74, 6) is 1.37. The van der Waals surface area contributed by atoms with Gasteiger partial charge >= 0.3 is 0 Å². The van der Waals surface area contributed by atoms with Crippen LogP contribution in [0.2, 0.25) is 0 Å². The Kier molecular flexibility index (Phi) is 4.85. The zero-order valence-corrected chi connectivity index (χ0v) is 15.4. The lowest BCUT2D eigenvalue weighted by atomic mass is 9.82. The van der Waals surface area contributed by atoms with Crippen molar-refractivity contribution in [1.29, 1.82) is 0 Å². The van der Waals surface area contributed by atoms with Gasteiger partial charge in [-0.15, -0.1) is 0 Å². The smallest absolute Gasteiger partial charge is 0.191 e. The van der Waals surface area contributed by atoms with Gasteiger partial charge in [-0.2, -0.15) is 5.10 Å². The van der Waals surface area contributed by atoms with Crippen LogP contribution in [-0.4, -0.2) is 51.5 Å². The number of guanidine groups is 1. The summed E-state index contributed by atoms with van der Waals surface area (Å²) in [6.07, 6.45) is 7.30. The first-order valence-corrected chi connectivity index (χ1v) is 9.08. The van der Waals surface area contributed by atoms with E-state index in [0.717, 1.165) is 19.5 Å². The van der Waals surface area contributed by atoms with Crippen molar-refractivity contribution in [2.45, 2.75) is 70.7 Å². The molecule has 0 amide bonds. The minimum absolute atomic E-state index is 0.125. The van der Waals surface area contributed by atoms with Gasteiger partial charge in [-0.1, -0.05) is 6.92 Å². The molecule has 1 aromatic rings. The highest BCUT2D eigenvalue weighted by atomic mass is 16.5. The van der Waals surface area contributed by atoms with Crippen molar-refractivity contribution in [3.8, 4) is 0 Å². The highest BCUT2D eigenvalue weighted by Crippen LogP contribution is 2.39. The zero-order valence-electron chi connectivity index (χ0n) is 15.4. The molecule has 0 radical (unpaired) electrons. The van der Waals surface area contributed by atoms with E-state index in [2.05, 4.69) is 37.7 Å². The Labute approximate surface area is 145 Å². The molecule has 4 unspecified atom stereocenters. The maximum absolute atomic E-state index is 6.31. The minimum atomic E-state index is -0.168. The van der Waals surface area contributed by atoms with Crippen LogP contribution < -0.4 is 5.73 Å². The molecule has 0 aromatic carbocycles. The lowest BCUT2D eigenvalue weighted by Crippen LogP contribution is -2.52. The van der Waals surface area contributed by atoms with Gasteiger partial charge in [0.1, 0.15) is 6.04 Å². The molecule has 2 heterocycles. The zero-order chi connectivity index (χ0) is 17.3. The molecule has 3 rings (SSSR count). The van der Waals surface area contributed by atoms with Crippen LogP contribution in [0.5, 0.6) is 0 Å². The Bertz CT molecular complexity index is 562. The quantitative estimate of drug-likeness (QED) is 0.681. The first-order valence-electron chi connectivity index (χ1n) is 9.08. The molecule has 2 N–H and O–H groups in total. The SMILES string of the molecule is CC1CCCN(C(N)=NC2CC(OC(C)(C)C)C2n2cccn2)C1. The molecule has 0 spiro atoms. The first-order chi connectivity index (χ1) is 11.3. The topological polar surface area (TPSA) is 68.7 Å². The Hall–Kier alpha value is -1.56. The third-order valence-corrected chi connectivity index (χ3v) is 4.86. The lowest BCUT2D eigenvalue weighted by molar-refractivity contribution is -0.128. The summed E-state index contributed by atoms with van der Waals surface area (Å²) in [5, 5.41) is 4.41. The van der Waals surface area contributed by atoms with Crippen molar-refractivity contribution in [2.24, 2.45) is 16.6 Å². The third-order valence-electron chi connectivity index (χ3n) is 4.86. The Morgan fingerprint density at radius 3 is 2.79 bits per heavy atom. The second-order valence-corrected chi connectivity index (χ2v) is 8.23. The number of aromatic nitrogens is 2. The Morgan fingerprint density at radius 1 is 1.38 bits per heavy atom. The van der Waals surface area contributed by atoms with Crippen molar-refractivity contribution in [3.63, 3.8) is 0 Å². The van der Waals surface area contributed by atoms with Crippen molar-refractivity contribution >= 4 is 5.96 Å². The number of piperidine rings is 1. The van der Waals surface area contributed by atoms with E-state index in [1.165, 1.54) is 12.8 Å². The van der Waals surface area contributed by atoms with Gasteiger partial charge in [-0.05, 0) is 45.6 Å². The molecule has 6 nitrogen and oxygen atoms in total. The fraction of sp³-hybridized carbons (Fsp3) is 0.778. The highest BCUT2D eigenvalue weighted by molar-refractivity contribution is 5.78. The molecule has 2 aliphatic rings. The normalized spacial score (nSPS) is 31.8. The molecular formula is C18H31N5O. The standard InChI is InChI=1S/C18H31N5O/c1-13-7-5-9-22(12-13)17(19)21-14-11-15(24-18(2,3)4)16(14)23-10-6-8-20-23/h6,8,10,13-16H,5,7,9,11-12H2,1-4H3,(H2,19,21). The number of nitrogens with two attached hydrogens (primary N) is 1. The Morgan fingerprint density at radius 2 is 2.17 bits per heavy atom. The van der Waals surface area contributed by atoms with Crippen LogP contribution in [0.1, 0.15) is 53.0 Å². The van der Waals surface area contributed by atoms with Crippen molar-refractivity contribution < 1.29 is 4.74 Å². The summed E-state index contributed by atoms with van der Waals surface area (Å²) in [6.45, 7) is 10.6. The van der Waals surface area contributed by atoms with E-state index in [4.69, 9.17) is 15.5 Å². The molecule has 134 valence electrons. The van der Waals surface area contributed by atoms with Crippen molar-refractivity contribution in [1.82, 2.24) is 14.7 Å². The molecular weight excluding hydrogens is 302 g/mol. The predicted molar refractivity (Wildman–Crippen MR) is 95.9 cm³/mol. The molecule has 1 aliphatic carbocycles. The number of rotatable bonds is 3. The van der Waals surface area contributed by atoms with E-state index in [9.17, 15) is 0 Å². The monoisotopic (exact) mass is 333 g/mol. The van der Waals surface area contributed by atoms with Gasteiger partial charge in [0.15, 0.2) is 5.96 Å². The molecule has 2 fully saturated rings. The van der Waals surface area contributed by atoms with E-state index in [-0.39, 0.29) is 23.8 Å². The summed E-state index contributed by atoms with van der Waals surface area (Å²) in [4.78, 5) is 7.07. The van der Waals surface area contributed by atoms with Gasteiger partial charge in [0.05, 0.1) is 17.7 Å². The van der Waals surface area contributed by atoms with Crippen LogP contribution >= 0.6 is 0 Å². The van der Waals surface area contributed by atoms with Crippen LogP contribution in [0.25, 0.3) is 0 Å². The maximum atomic E-state index is 6.31. The third kappa shape index (κ3) is 3.91. The first kappa shape index (κ1) is 17.3. The molecule has 24 heavy (non-hydrogen) atoms. The summed E-state index contributed by atoms with van der Waals surface area (Å²) in [5.41, 5.74) is 6.15. The summed E-state index contributed by atoms with van der Waals surface area (Å²) in [6, 6.07) is 2.21.